The molecule has 2 unspecified atom stereocenters. The number of methoxy groups -OCH3 is 2. The van der Waals surface area contributed by atoms with Gasteiger partial charge in [-0.15, -0.1) is 0 Å². The highest BCUT2D eigenvalue weighted by Gasteiger charge is 2.44. The summed E-state index contributed by atoms with van der Waals surface area (Å²) in [5, 5.41) is 24.0. The zero-order valence-electron chi connectivity index (χ0n) is 57.8. The molecular weight excluding hydrogens is 1210 g/mol. The molecule has 0 spiro atoms. The van der Waals surface area contributed by atoms with Crippen molar-refractivity contribution in [1.29, 1.82) is 0 Å². The number of hydrogen-bond acceptors (Lipinski definition) is 14. The van der Waals surface area contributed by atoms with Crippen LogP contribution in [0.5, 0.6) is 0 Å². The first-order valence-corrected chi connectivity index (χ1v) is 33.2. The van der Waals surface area contributed by atoms with Gasteiger partial charge in [-0.3, -0.25) is 53.0 Å². The molecule has 0 aliphatic carbocycles. The standard InChI is InChI=1S/C69H107N11O14/c1-15-45(8)61(53(93-13)41-57(84)79-38-23-27-52(79)62(94-14)46(9)63(85)73-51(68(90)91)40-48-24-18-16-19-25-48)78(12)67(89)59(43(4)5)75-65(87)60(44(6)7)76(10)39-35-47-29-31-49(32-30-47)77(11)66(88)50(26-22-36-71-69(70)92)72-64(86)58(42(2)3)74-54(81)28-20-17-21-37-80-55(82)33-34-56(80)83/h16,18-19,24-25,29-34,42-46,50-53,58-62H,15,17,20-23,26-28,35-41H2,1-14H3,(H,72,86)(H,73,85)(H,74,81)(H,75,87)(H,90,91)(H3,70,71,92)/t45-,46+,50-,51-,52-,53+,58-,59-,60?,61?,62+/m0/s1. The topological polar surface area (TPSA) is 329 Å². The van der Waals surface area contributed by atoms with Crippen LogP contribution in [0.1, 0.15) is 138 Å². The van der Waals surface area contributed by atoms with Gasteiger partial charge in [-0.25, -0.2) is 9.59 Å². The van der Waals surface area contributed by atoms with E-state index in [0.717, 1.165) is 16.0 Å². The van der Waals surface area contributed by atoms with Crippen molar-refractivity contribution in [2.24, 2.45) is 35.3 Å². The molecule has 2 aromatic carbocycles. The number of unbranched alkanes of at least 4 members (excludes halogenated alkanes) is 2. The number of ether oxygens (including phenoxy) is 2. The van der Waals surface area contributed by atoms with E-state index in [2.05, 4.69) is 26.6 Å². The van der Waals surface area contributed by atoms with Gasteiger partial charge in [0.15, 0.2) is 0 Å². The Bertz CT molecular complexity index is 2870. The van der Waals surface area contributed by atoms with Crippen LogP contribution in [0, 0.1) is 29.6 Å². The van der Waals surface area contributed by atoms with Gasteiger partial charge < -0.3 is 61.6 Å². The molecule has 94 heavy (non-hydrogen) atoms. The van der Waals surface area contributed by atoms with Gasteiger partial charge in [-0.2, -0.15) is 0 Å². The molecule has 11 amide bonds. The number of benzene rings is 2. The second kappa shape index (κ2) is 38.6. The number of anilines is 1. The SMILES string of the molecule is CC[C@H](C)C([C@@H](CC(=O)N1CCC[C@H]1[C@H](OC)[C@@H](C)C(=O)N[C@@H](Cc1ccccc1)C(=O)O)OC)N(C)C(=O)[C@@H](NC(=O)C(C(C)C)N(C)CCc1ccc(N(C)C(=O)[C@H](CCCNC(N)=O)NC(=O)[C@@H](NC(=O)CCCCCN2C(=O)C=CC2=O)C(C)C)cc1)C(C)C. The number of nitrogens with one attached hydrogen (secondary N) is 5. The van der Waals surface area contributed by atoms with Crippen molar-refractivity contribution < 1.29 is 67.3 Å². The van der Waals surface area contributed by atoms with E-state index in [0.29, 0.717) is 70.1 Å². The first-order valence-electron chi connectivity index (χ1n) is 33.2. The van der Waals surface area contributed by atoms with Crippen molar-refractivity contribution in [2.75, 3.05) is 66.4 Å². The first kappa shape index (κ1) is 78.7. The molecule has 2 aliphatic rings. The maximum absolute atomic E-state index is 14.9. The van der Waals surface area contributed by atoms with Crippen LogP contribution in [0.2, 0.25) is 0 Å². The largest absolute Gasteiger partial charge is 0.480 e. The molecule has 2 aromatic rings. The summed E-state index contributed by atoms with van der Waals surface area (Å²) in [6, 6.07) is 9.74. The van der Waals surface area contributed by atoms with Crippen LogP contribution in [0.3, 0.4) is 0 Å². The summed E-state index contributed by atoms with van der Waals surface area (Å²) in [7, 11) is 8.11. The van der Waals surface area contributed by atoms with E-state index in [-0.39, 0.29) is 97.9 Å². The molecule has 0 radical (unpaired) electrons. The number of carboxylic acid groups (broad SMARTS) is 1. The number of hydrogen-bond donors (Lipinski definition) is 7. The maximum atomic E-state index is 14.9. The Kier molecular flexibility index (Phi) is 32.3. The molecule has 2 heterocycles. The molecule has 2 aliphatic heterocycles. The average molecular weight is 1310 g/mol. The Labute approximate surface area is 555 Å². The number of likely N-dealkylation sites (tertiary alicyclic amines) is 1. The molecule has 0 bridgehead atoms. The summed E-state index contributed by atoms with van der Waals surface area (Å²) in [5.41, 5.74) is 7.49. The minimum atomic E-state index is -1.18. The molecular formula is C69H107N11O14. The lowest BCUT2D eigenvalue weighted by molar-refractivity contribution is -0.148. The van der Waals surface area contributed by atoms with Crippen molar-refractivity contribution in [3.05, 3.63) is 77.9 Å². The smallest absolute Gasteiger partial charge is 0.326 e. The molecule has 1 saturated heterocycles. The molecule has 0 saturated carbocycles. The van der Waals surface area contributed by atoms with E-state index >= 15 is 0 Å². The van der Waals surface area contributed by atoms with E-state index < -0.39 is 90.1 Å². The lowest BCUT2D eigenvalue weighted by Gasteiger charge is -2.41. The Balaban J connectivity index is 1.40. The molecule has 522 valence electrons. The molecule has 8 N–H and O–H groups in total. The number of urea groups is 1. The van der Waals surface area contributed by atoms with Crippen molar-refractivity contribution >= 4 is 70.9 Å². The number of imide groups is 1. The van der Waals surface area contributed by atoms with E-state index in [1.54, 1.807) is 81.1 Å². The van der Waals surface area contributed by atoms with Crippen molar-refractivity contribution in [2.45, 2.75) is 194 Å². The minimum Gasteiger partial charge on any atom is -0.480 e. The predicted octanol–water partition coefficient (Wildman–Crippen LogP) is 4.58. The fraction of sp³-hybridized carbons (Fsp3) is 0.638. The predicted molar refractivity (Wildman–Crippen MR) is 357 cm³/mol. The van der Waals surface area contributed by atoms with E-state index in [1.165, 1.54) is 31.3 Å². The number of carboxylic acids is 1. The van der Waals surface area contributed by atoms with Crippen molar-refractivity contribution in [3.63, 3.8) is 0 Å². The molecule has 11 atom stereocenters. The lowest BCUT2D eigenvalue weighted by atomic mass is 9.89. The van der Waals surface area contributed by atoms with Crippen LogP contribution >= 0.6 is 0 Å². The summed E-state index contributed by atoms with van der Waals surface area (Å²) < 4.78 is 12.0. The minimum absolute atomic E-state index is 0.0899. The van der Waals surface area contributed by atoms with Crippen LogP contribution in [0.4, 0.5) is 10.5 Å². The quantitative estimate of drug-likeness (QED) is 0.0355. The van der Waals surface area contributed by atoms with Crippen LogP contribution in [-0.2, 0) is 70.3 Å². The van der Waals surface area contributed by atoms with Gasteiger partial charge >= 0.3 is 12.0 Å². The zero-order chi connectivity index (χ0) is 70.1. The number of likely N-dealkylation sites (N-methyl/N-ethyl adjacent to an activating group) is 3. The van der Waals surface area contributed by atoms with Crippen LogP contribution in [0.25, 0.3) is 0 Å². The van der Waals surface area contributed by atoms with Gasteiger partial charge in [0.25, 0.3) is 11.8 Å². The third-order valence-electron chi connectivity index (χ3n) is 18.2. The highest BCUT2D eigenvalue weighted by atomic mass is 16.5. The molecule has 4 rings (SSSR count). The van der Waals surface area contributed by atoms with Crippen LogP contribution in [0.15, 0.2) is 66.7 Å². The Morgan fingerprint density at radius 3 is 1.89 bits per heavy atom. The monoisotopic (exact) mass is 1310 g/mol. The summed E-state index contributed by atoms with van der Waals surface area (Å²) in [5.74, 6) is -6.51. The van der Waals surface area contributed by atoms with E-state index in [4.69, 9.17) is 15.2 Å². The van der Waals surface area contributed by atoms with Gasteiger partial charge in [0.1, 0.15) is 24.2 Å². The molecule has 1 fully saturated rings. The van der Waals surface area contributed by atoms with Crippen molar-refractivity contribution in [1.82, 2.24) is 46.2 Å². The molecule has 25 heteroatoms. The van der Waals surface area contributed by atoms with Gasteiger partial charge in [0.2, 0.25) is 41.4 Å². The van der Waals surface area contributed by atoms with Crippen molar-refractivity contribution in [3.8, 4) is 0 Å². The number of carbonyl (C=O) groups excluding carboxylic acids is 10. The summed E-state index contributed by atoms with van der Waals surface area (Å²) in [6.45, 7) is 18.1. The van der Waals surface area contributed by atoms with Crippen LogP contribution < -0.4 is 37.2 Å². The fourth-order valence-electron chi connectivity index (χ4n) is 12.5. The highest BCUT2D eigenvalue weighted by molar-refractivity contribution is 6.12. The number of carbonyl (C=O) groups is 11. The number of primary amides is 1. The maximum Gasteiger partial charge on any atom is 0.326 e. The number of nitrogens with two attached hydrogens (primary N) is 1. The lowest BCUT2D eigenvalue weighted by Crippen LogP contribution is -2.60. The van der Waals surface area contributed by atoms with Gasteiger partial charge in [0.05, 0.1) is 42.7 Å². The van der Waals surface area contributed by atoms with Gasteiger partial charge in [0, 0.05) is 85.2 Å². The zero-order valence-corrected chi connectivity index (χ0v) is 57.8. The second-order valence-corrected chi connectivity index (χ2v) is 26.1. The average Bonchev–Trinajstić information content (AvgIpc) is 1.33. The first-order chi connectivity index (χ1) is 44.5. The third kappa shape index (κ3) is 23.0. The van der Waals surface area contributed by atoms with Gasteiger partial charge in [-0.05, 0) is 98.9 Å². The Hall–Kier alpha value is -7.77. The van der Waals surface area contributed by atoms with E-state index in [9.17, 15) is 57.8 Å². The third-order valence-corrected chi connectivity index (χ3v) is 18.2. The summed E-state index contributed by atoms with van der Waals surface area (Å²) in [6.07, 6.45) is 5.38. The number of amides is 11. The van der Waals surface area contributed by atoms with Crippen LogP contribution in [-0.4, -0.2) is 206 Å². The number of aliphatic carboxylic acids is 1. The Morgan fingerprint density at radius 2 is 1.33 bits per heavy atom. The number of rotatable bonds is 40. The molecule has 25 nitrogen and oxygen atoms in total. The summed E-state index contributed by atoms with van der Waals surface area (Å²) in [4.78, 5) is 154. The second-order valence-electron chi connectivity index (χ2n) is 26.1. The van der Waals surface area contributed by atoms with E-state index in [1.807, 2.05) is 71.7 Å². The highest BCUT2D eigenvalue weighted by Crippen LogP contribution is 2.30. The molecule has 0 aromatic heterocycles. The van der Waals surface area contributed by atoms with Gasteiger partial charge in [-0.1, -0.05) is 118 Å². The Morgan fingerprint density at radius 1 is 0.702 bits per heavy atom. The summed E-state index contributed by atoms with van der Waals surface area (Å²) >= 11 is 0. The fourth-order valence-corrected chi connectivity index (χ4v) is 12.5. The number of nitrogens with zero attached hydrogens (tertiary/aromatic N) is 5. The normalized spacial score (nSPS) is 17.2.